The molecule has 0 spiro atoms. The Labute approximate surface area is 238 Å². The van der Waals surface area contributed by atoms with Crippen LogP contribution in [0.1, 0.15) is 55.2 Å². The third kappa shape index (κ3) is 6.34. The Morgan fingerprint density at radius 2 is 1.62 bits per heavy atom. The first-order valence-electron chi connectivity index (χ1n) is 12.2. The predicted octanol–water partition coefficient (Wildman–Crippen LogP) is 4.94. The lowest BCUT2D eigenvalue weighted by molar-refractivity contribution is -0.139. The number of carbonyl (C=O) groups is 4. The van der Waals surface area contributed by atoms with Gasteiger partial charge in [0.1, 0.15) is 17.5 Å². The van der Waals surface area contributed by atoms with Crippen molar-refractivity contribution >= 4 is 57.5 Å². The molecule has 0 aliphatic heterocycles. The Kier molecular flexibility index (Phi) is 8.89. The molecule has 0 aliphatic carbocycles. The number of amides is 1. The number of Topliss-reactive ketones (excluding diaryl/α,β-unsaturated/α-hetero) is 2. The molecule has 0 aliphatic rings. The highest BCUT2D eigenvalue weighted by atomic mass is 35.5. The summed E-state index contributed by atoms with van der Waals surface area (Å²) in [6, 6.07) is 14.3. The van der Waals surface area contributed by atoms with Gasteiger partial charge in [0.2, 0.25) is 0 Å². The van der Waals surface area contributed by atoms with Crippen LogP contribution in [-0.4, -0.2) is 49.8 Å². The molecule has 5 N–H and O–H groups in total. The summed E-state index contributed by atoms with van der Waals surface area (Å²) in [5, 5.41) is 31.7. The number of aromatic amines is 1. The van der Waals surface area contributed by atoms with Crippen LogP contribution >= 0.6 is 23.2 Å². The number of phenols is 1. The molecule has 4 aromatic rings. The van der Waals surface area contributed by atoms with Gasteiger partial charge in [-0.1, -0.05) is 53.5 Å². The zero-order valence-corrected chi connectivity index (χ0v) is 22.4. The van der Waals surface area contributed by atoms with Crippen LogP contribution in [0.25, 0.3) is 10.9 Å². The average molecular weight is 583 g/mol. The van der Waals surface area contributed by atoms with Crippen molar-refractivity contribution < 1.29 is 34.5 Å². The number of H-pyrrole nitrogens is 1. The number of carboxylic acids is 1. The second-order valence-corrected chi connectivity index (χ2v) is 9.90. The number of benzene rings is 3. The minimum Gasteiger partial charge on any atom is -0.508 e. The highest BCUT2D eigenvalue weighted by Gasteiger charge is 2.29. The first kappa shape index (κ1) is 28.8. The third-order valence-electron chi connectivity index (χ3n) is 6.39. The minimum absolute atomic E-state index is 0.0213. The Bertz CT molecular complexity index is 1610. The summed E-state index contributed by atoms with van der Waals surface area (Å²) in [6.45, 7) is -0.465. The lowest BCUT2D eigenvalue weighted by atomic mass is 9.98. The molecule has 0 bridgehead atoms. The van der Waals surface area contributed by atoms with E-state index in [1.165, 1.54) is 18.2 Å². The van der Waals surface area contributed by atoms with Gasteiger partial charge in [0.05, 0.1) is 22.2 Å². The van der Waals surface area contributed by atoms with Crippen molar-refractivity contribution in [1.82, 2.24) is 10.3 Å². The maximum atomic E-state index is 13.1. The summed E-state index contributed by atoms with van der Waals surface area (Å²) in [5.74, 6) is -3.23. The van der Waals surface area contributed by atoms with Crippen molar-refractivity contribution in [3.63, 3.8) is 0 Å². The predicted molar refractivity (Wildman–Crippen MR) is 149 cm³/mol. The fourth-order valence-electron chi connectivity index (χ4n) is 4.39. The number of carboxylic acid groups (broad SMARTS) is 1. The molecule has 1 atom stereocenters. The Hall–Kier alpha value is -4.18. The smallest absolute Gasteiger partial charge is 0.326 e. The zero-order valence-electron chi connectivity index (χ0n) is 20.9. The van der Waals surface area contributed by atoms with Gasteiger partial charge in [-0.3, -0.25) is 14.4 Å². The Morgan fingerprint density at radius 3 is 2.27 bits per heavy atom. The molecule has 1 aromatic heterocycles. The zero-order chi connectivity index (χ0) is 29.0. The maximum Gasteiger partial charge on any atom is 0.326 e. The molecule has 206 valence electrons. The van der Waals surface area contributed by atoms with Gasteiger partial charge in [-0.25, -0.2) is 4.79 Å². The summed E-state index contributed by atoms with van der Waals surface area (Å²) in [5.41, 5.74) is 1.61. The van der Waals surface area contributed by atoms with Crippen LogP contribution in [0.5, 0.6) is 5.75 Å². The van der Waals surface area contributed by atoms with Crippen molar-refractivity contribution in [3.05, 3.63) is 98.7 Å². The van der Waals surface area contributed by atoms with Crippen molar-refractivity contribution in [2.75, 3.05) is 0 Å². The van der Waals surface area contributed by atoms with E-state index in [0.717, 1.165) is 5.56 Å². The van der Waals surface area contributed by atoms with E-state index in [0.29, 0.717) is 22.9 Å². The molecule has 0 fully saturated rings. The molecule has 40 heavy (non-hydrogen) atoms. The number of phenolic OH excluding ortho intramolecular Hbond substituents is 1. The first-order valence-corrected chi connectivity index (χ1v) is 12.9. The van der Waals surface area contributed by atoms with Gasteiger partial charge < -0.3 is 25.6 Å². The Morgan fingerprint density at radius 1 is 0.925 bits per heavy atom. The Balaban J connectivity index is 1.48. The number of para-hydroxylation sites is 1. The van der Waals surface area contributed by atoms with E-state index in [9.17, 15) is 34.5 Å². The molecule has 9 nitrogen and oxygen atoms in total. The van der Waals surface area contributed by atoms with E-state index in [2.05, 4.69) is 10.3 Å². The number of halogens is 2. The highest BCUT2D eigenvalue weighted by Crippen LogP contribution is 2.29. The molecule has 4 rings (SSSR count). The van der Waals surface area contributed by atoms with Gasteiger partial charge in [0.15, 0.2) is 11.6 Å². The van der Waals surface area contributed by atoms with Crippen LogP contribution in [0.3, 0.4) is 0 Å². The summed E-state index contributed by atoms with van der Waals surface area (Å²) >= 11 is 12.6. The van der Waals surface area contributed by atoms with E-state index < -0.39 is 36.7 Å². The van der Waals surface area contributed by atoms with Gasteiger partial charge in [0, 0.05) is 34.9 Å². The van der Waals surface area contributed by atoms with Crippen LogP contribution in [0.2, 0.25) is 10.0 Å². The lowest BCUT2D eigenvalue weighted by Gasteiger charge is -2.15. The number of hydrogen-bond acceptors (Lipinski definition) is 6. The number of aliphatic hydroxyl groups is 1. The maximum absolute atomic E-state index is 13.1. The van der Waals surface area contributed by atoms with Crippen molar-refractivity contribution in [2.45, 2.75) is 31.9 Å². The lowest BCUT2D eigenvalue weighted by Crippen LogP contribution is -2.42. The van der Waals surface area contributed by atoms with Crippen molar-refractivity contribution in [2.24, 2.45) is 0 Å². The van der Waals surface area contributed by atoms with Gasteiger partial charge in [0.25, 0.3) is 5.91 Å². The van der Waals surface area contributed by atoms with Gasteiger partial charge in [-0.15, -0.1) is 0 Å². The van der Waals surface area contributed by atoms with Gasteiger partial charge >= 0.3 is 5.97 Å². The summed E-state index contributed by atoms with van der Waals surface area (Å²) in [7, 11) is 0. The quantitative estimate of drug-likeness (QED) is 0.157. The van der Waals surface area contributed by atoms with Gasteiger partial charge in [-0.2, -0.15) is 0 Å². The molecule has 1 amide bonds. The number of fused-ring (bicyclic) bond motifs is 1. The fraction of sp³-hybridized carbons (Fsp3) is 0.172. The monoisotopic (exact) mass is 582 g/mol. The molecule has 3 aromatic carbocycles. The van der Waals surface area contributed by atoms with E-state index in [-0.39, 0.29) is 44.8 Å². The molecule has 1 heterocycles. The normalized spacial score (nSPS) is 11.8. The molecule has 1 unspecified atom stereocenters. The molecular formula is C29H24Cl2N2O7. The number of aliphatic carboxylic acids is 1. The van der Waals surface area contributed by atoms with E-state index >= 15 is 0 Å². The SMILES string of the molecule is O=C(CCc1cccc(O)c1)c1cc(Cl)c(C(=O)CC(NC(=O)c2[nH]c3ccccc3c2CO)C(=O)O)c(Cl)c1. The number of aromatic hydroxyl groups is 1. The number of hydrogen-bond donors (Lipinski definition) is 5. The second-order valence-electron chi connectivity index (χ2n) is 9.08. The topological polar surface area (TPSA) is 157 Å². The summed E-state index contributed by atoms with van der Waals surface area (Å²) < 4.78 is 0. The van der Waals surface area contributed by atoms with E-state index in [4.69, 9.17) is 23.2 Å². The number of nitrogens with one attached hydrogen (secondary N) is 2. The molecule has 0 saturated carbocycles. The van der Waals surface area contributed by atoms with Gasteiger partial charge in [-0.05, 0) is 42.3 Å². The summed E-state index contributed by atoms with van der Waals surface area (Å²) in [4.78, 5) is 53.5. The number of carbonyl (C=O) groups excluding carboxylic acids is 3. The second kappa shape index (κ2) is 12.3. The third-order valence-corrected chi connectivity index (χ3v) is 6.98. The molecule has 11 heteroatoms. The van der Waals surface area contributed by atoms with Crippen LogP contribution < -0.4 is 5.32 Å². The van der Waals surface area contributed by atoms with Crippen LogP contribution in [0.15, 0.2) is 60.7 Å². The first-order chi connectivity index (χ1) is 19.1. The number of aryl methyl sites for hydroxylation is 1. The standard InChI is InChI=1S/C29H24Cl2N2O7/c30-20-11-16(24(36)9-8-15-4-3-5-17(35)10-15)12-21(31)26(20)25(37)13-23(29(39)40)33-28(38)27-19(14-34)18-6-1-2-7-22(18)32-27/h1-7,10-12,23,32,34-35H,8-9,13-14H2,(H,33,38)(H,39,40). The van der Waals surface area contributed by atoms with Crippen LogP contribution in [-0.2, 0) is 17.8 Å². The van der Waals surface area contributed by atoms with Crippen molar-refractivity contribution in [1.29, 1.82) is 0 Å². The fourth-order valence-corrected chi connectivity index (χ4v) is 5.09. The van der Waals surface area contributed by atoms with Crippen LogP contribution in [0.4, 0.5) is 0 Å². The minimum atomic E-state index is -1.63. The van der Waals surface area contributed by atoms with E-state index in [1.54, 1.807) is 42.5 Å². The average Bonchev–Trinajstić information content (AvgIpc) is 3.29. The number of rotatable bonds is 11. The van der Waals surface area contributed by atoms with E-state index in [1.807, 2.05) is 0 Å². The number of ketones is 2. The van der Waals surface area contributed by atoms with Crippen molar-refractivity contribution in [3.8, 4) is 5.75 Å². The highest BCUT2D eigenvalue weighted by molar-refractivity contribution is 6.40. The summed E-state index contributed by atoms with van der Waals surface area (Å²) in [6.07, 6.45) is -0.211. The number of aromatic nitrogens is 1. The van der Waals surface area contributed by atoms with Crippen LogP contribution in [0, 0.1) is 0 Å². The molecule has 0 saturated heterocycles. The largest absolute Gasteiger partial charge is 0.508 e. The number of aliphatic hydroxyl groups excluding tert-OH is 1. The molecule has 0 radical (unpaired) electrons. The molecular weight excluding hydrogens is 559 g/mol.